The lowest BCUT2D eigenvalue weighted by Gasteiger charge is -2.38. The first-order chi connectivity index (χ1) is 13.1. The van der Waals surface area contributed by atoms with Crippen molar-refractivity contribution in [2.45, 2.75) is 24.8 Å². The number of halogens is 2. The Hall–Kier alpha value is -2.47. The van der Waals surface area contributed by atoms with Gasteiger partial charge >= 0.3 is 0 Å². The molecule has 6 heteroatoms. The minimum atomic E-state index is -0.243. The molecule has 1 saturated heterocycles. The van der Waals surface area contributed by atoms with Crippen LogP contribution in [-0.2, 0) is 16.7 Å². The molecule has 0 amide bonds. The van der Waals surface area contributed by atoms with Crippen molar-refractivity contribution in [2.75, 3.05) is 26.8 Å². The van der Waals surface area contributed by atoms with Crippen LogP contribution in [0.1, 0.15) is 24.0 Å². The second-order valence-corrected chi connectivity index (χ2v) is 6.77. The molecule has 1 heterocycles. The van der Waals surface area contributed by atoms with E-state index in [1.807, 2.05) is 18.2 Å². The Balaban J connectivity index is 1.67. The van der Waals surface area contributed by atoms with Crippen LogP contribution in [0.4, 0.5) is 8.78 Å². The molecule has 0 aliphatic carbocycles. The number of ether oxygens (including phenoxy) is 1. The summed E-state index contributed by atoms with van der Waals surface area (Å²) in [6.07, 6.45) is 1.69. The van der Waals surface area contributed by atoms with Crippen LogP contribution in [0.3, 0.4) is 0 Å². The first kappa shape index (κ1) is 19.3. The second-order valence-electron chi connectivity index (χ2n) is 6.77. The number of nitrogens with zero attached hydrogens (tertiary/aromatic N) is 1. The molecular weight excluding hydrogens is 348 g/mol. The third-order valence-electron chi connectivity index (χ3n) is 5.13. The maximum absolute atomic E-state index is 13.8. The summed E-state index contributed by atoms with van der Waals surface area (Å²) in [7, 11) is 1.69. The molecule has 27 heavy (non-hydrogen) atoms. The van der Waals surface area contributed by atoms with E-state index in [9.17, 15) is 8.78 Å². The zero-order valence-corrected chi connectivity index (χ0v) is 15.5. The third kappa shape index (κ3) is 4.83. The molecule has 1 fully saturated rings. The first-order valence-electron chi connectivity index (χ1n) is 9.15. The minimum absolute atomic E-state index is 0.151. The molecule has 1 aliphatic heterocycles. The lowest BCUT2D eigenvalue weighted by atomic mass is 9.74. The van der Waals surface area contributed by atoms with Gasteiger partial charge < -0.3 is 15.4 Å². The summed E-state index contributed by atoms with van der Waals surface area (Å²) in [4.78, 5) is 4.24. The fraction of sp³-hybridized carbons (Fsp3) is 0.381. The maximum atomic E-state index is 13.8. The van der Waals surface area contributed by atoms with E-state index in [2.05, 4.69) is 15.6 Å². The van der Waals surface area contributed by atoms with Gasteiger partial charge in [-0.3, -0.25) is 4.99 Å². The largest absolute Gasteiger partial charge is 0.381 e. The van der Waals surface area contributed by atoms with Crippen LogP contribution in [0.2, 0.25) is 0 Å². The quantitative estimate of drug-likeness (QED) is 0.624. The van der Waals surface area contributed by atoms with Crippen LogP contribution >= 0.6 is 0 Å². The van der Waals surface area contributed by atoms with E-state index in [1.54, 1.807) is 19.2 Å². The molecule has 3 rings (SSSR count). The number of guanidine groups is 1. The number of nitrogens with one attached hydrogen (secondary N) is 2. The molecule has 1 aliphatic rings. The number of hydrogen-bond acceptors (Lipinski definition) is 2. The Kier molecular flexibility index (Phi) is 6.40. The molecule has 0 unspecified atom stereocenters. The average molecular weight is 373 g/mol. The van der Waals surface area contributed by atoms with E-state index in [1.165, 1.54) is 18.2 Å². The molecule has 0 bridgehead atoms. The molecule has 0 radical (unpaired) electrons. The number of rotatable bonds is 5. The highest BCUT2D eigenvalue weighted by Crippen LogP contribution is 2.34. The highest BCUT2D eigenvalue weighted by atomic mass is 19.1. The normalized spacial score (nSPS) is 16.8. The fourth-order valence-electron chi connectivity index (χ4n) is 3.43. The van der Waals surface area contributed by atoms with Crippen molar-refractivity contribution in [3.8, 4) is 0 Å². The SMILES string of the molecule is CN=C(NCc1ccccc1F)NCC1(c2ccc(F)cc2)CCOCC1. The second kappa shape index (κ2) is 8.95. The standard InChI is InChI=1S/C21H25F2N3O/c1-24-20(25-14-16-4-2-3-5-19(16)23)26-15-21(10-12-27-13-11-21)17-6-8-18(22)9-7-17/h2-9H,10-15H2,1H3,(H2,24,25,26). The Bertz CT molecular complexity index is 771. The van der Waals surface area contributed by atoms with Crippen LogP contribution in [0.25, 0.3) is 0 Å². The van der Waals surface area contributed by atoms with Gasteiger partial charge in [0.1, 0.15) is 11.6 Å². The number of hydrogen-bond donors (Lipinski definition) is 2. The van der Waals surface area contributed by atoms with Crippen molar-refractivity contribution in [1.82, 2.24) is 10.6 Å². The highest BCUT2D eigenvalue weighted by molar-refractivity contribution is 5.79. The van der Waals surface area contributed by atoms with Crippen LogP contribution < -0.4 is 10.6 Å². The van der Waals surface area contributed by atoms with Crippen LogP contribution in [0.15, 0.2) is 53.5 Å². The summed E-state index contributed by atoms with van der Waals surface area (Å²) in [6.45, 7) is 2.32. The highest BCUT2D eigenvalue weighted by Gasteiger charge is 2.34. The number of benzene rings is 2. The third-order valence-corrected chi connectivity index (χ3v) is 5.13. The monoisotopic (exact) mass is 373 g/mol. The fourth-order valence-corrected chi connectivity index (χ4v) is 3.43. The van der Waals surface area contributed by atoms with E-state index in [0.29, 0.717) is 37.8 Å². The summed E-state index contributed by atoms with van der Waals surface area (Å²) in [5.74, 6) is 0.121. The maximum Gasteiger partial charge on any atom is 0.191 e. The smallest absolute Gasteiger partial charge is 0.191 e. The van der Waals surface area contributed by atoms with Crippen molar-refractivity contribution in [1.29, 1.82) is 0 Å². The van der Waals surface area contributed by atoms with Crippen molar-refractivity contribution in [3.63, 3.8) is 0 Å². The van der Waals surface area contributed by atoms with Crippen LogP contribution in [0.5, 0.6) is 0 Å². The van der Waals surface area contributed by atoms with E-state index in [0.717, 1.165) is 18.4 Å². The first-order valence-corrected chi connectivity index (χ1v) is 9.15. The average Bonchev–Trinajstić information content (AvgIpc) is 2.70. The summed E-state index contributed by atoms with van der Waals surface area (Å²) in [6, 6.07) is 13.4. The molecule has 2 N–H and O–H groups in total. The van der Waals surface area contributed by atoms with Crippen LogP contribution in [-0.4, -0.2) is 32.8 Å². The zero-order valence-electron chi connectivity index (χ0n) is 15.5. The molecule has 2 aromatic carbocycles. The topological polar surface area (TPSA) is 45.7 Å². The Morgan fingerprint density at radius 1 is 1.04 bits per heavy atom. The van der Waals surface area contributed by atoms with Gasteiger partial charge in [0, 0.05) is 44.3 Å². The van der Waals surface area contributed by atoms with Crippen LogP contribution in [0, 0.1) is 11.6 Å². The molecule has 0 atom stereocenters. The zero-order chi connectivity index (χ0) is 19.1. The molecule has 2 aromatic rings. The van der Waals surface area contributed by atoms with Crippen molar-refractivity contribution < 1.29 is 13.5 Å². The van der Waals surface area contributed by atoms with Crippen molar-refractivity contribution in [3.05, 3.63) is 71.3 Å². The lowest BCUT2D eigenvalue weighted by Crippen LogP contribution is -2.48. The van der Waals surface area contributed by atoms with E-state index in [-0.39, 0.29) is 17.0 Å². The molecule has 0 saturated carbocycles. The van der Waals surface area contributed by atoms with Crippen molar-refractivity contribution >= 4 is 5.96 Å². The predicted octanol–water partition coefficient (Wildman–Crippen LogP) is 3.38. The summed E-state index contributed by atoms with van der Waals surface area (Å²) >= 11 is 0. The van der Waals surface area contributed by atoms with Gasteiger partial charge in [-0.05, 0) is 36.6 Å². The molecular formula is C21H25F2N3O. The van der Waals surface area contributed by atoms with Gasteiger partial charge in [0.2, 0.25) is 0 Å². The number of aliphatic imine (C=N–C) groups is 1. The Morgan fingerprint density at radius 3 is 2.41 bits per heavy atom. The lowest BCUT2D eigenvalue weighted by molar-refractivity contribution is 0.0513. The van der Waals surface area contributed by atoms with Gasteiger partial charge in [-0.15, -0.1) is 0 Å². The summed E-state index contributed by atoms with van der Waals surface area (Å²) < 4.78 is 32.7. The molecule has 0 spiro atoms. The Labute approximate surface area is 158 Å². The van der Waals surface area contributed by atoms with Gasteiger partial charge in [-0.25, -0.2) is 8.78 Å². The molecule has 144 valence electrons. The molecule has 4 nitrogen and oxygen atoms in total. The van der Waals surface area contributed by atoms with E-state index < -0.39 is 0 Å². The van der Waals surface area contributed by atoms with E-state index >= 15 is 0 Å². The van der Waals surface area contributed by atoms with Gasteiger partial charge in [0.25, 0.3) is 0 Å². The summed E-state index contributed by atoms with van der Waals surface area (Å²) in [5.41, 5.74) is 1.52. The molecule has 0 aromatic heterocycles. The van der Waals surface area contributed by atoms with Gasteiger partial charge in [0.15, 0.2) is 5.96 Å². The minimum Gasteiger partial charge on any atom is -0.381 e. The van der Waals surface area contributed by atoms with Gasteiger partial charge in [-0.1, -0.05) is 30.3 Å². The Morgan fingerprint density at radius 2 is 1.74 bits per heavy atom. The van der Waals surface area contributed by atoms with E-state index in [4.69, 9.17) is 4.74 Å². The van der Waals surface area contributed by atoms with Gasteiger partial charge in [0.05, 0.1) is 0 Å². The predicted molar refractivity (Wildman–Crippen MR) is 103 cm³/mol. The van der Waals surface area contributed by atoms with Gasteiger partial charge in [-0.2, -0.15) is 0 Å². The van der Waals surface area contributed by atoms with Crippen molar-refractivity contribution in [2.24, 2.45) is 4.99 Å². The summed E-state index contributed by atoms with van der Waals surface area (Å²) in [5, 5.41) is 6.50.